The van der Waals surface area contributed by atoms with Crippen molar-refractivity contribution in [2.45, 2.75) is 59.0 Å². The standard InChI is InChI=1S/C21H27BrO/c1-3-5-9-17-13-14-21(18(15-17)10-6-4-2)23-16-19-11-7-8-12-20(19)22/h7-8,11-15H,3-6,9-10,16H2,1-2H3. The molecule has 0 amide bonds. The molecule has 23 heavy (non-hydrogen) atoms. The molecule has 0 spiro atoms. The number of aryl methyl sites for hydroxylation is 2. The molecule has 0 aliphatic heterocycles. The van der Waals surface area contributed by atoms with Crippen molar-refractivity contribution in [1.82, 2.24) is 0 Å². The third-order valence-corrected chi connectivity index (χ3v) is 4.86. The summed E-state index contributed by atoms with van der Waals surface area (Å²) in [6, 6.07) is 15.0. The molecule has 0 unspecified atom stereocenters. The van der Waals surface area contributed by atoms with Gasteiger partial charge in [0.15, 0.2) is 0 Å². The van der Waals surface area contributed by atoms with Crippen LogP contribution in [0.15, 0.2) is 46.9 Å². The van der Waals surface area contributed by atoms with E-state index in [0.29, 0.717) is 6.61 Å². The number of benzene rings is 2. The van der Waals surface area contributed by atoms with Crippen molar-refractivity contribution < 1.29 is 4.74 Å². The van der Waals surface area contributed by atoms with E-state index >= 15 is 0 Å². The Hall–Kier alpha value is -1.28. The van der Waals surface area contributed by atoms with Crippen LogP contribution in [0.2, 0.25) is 0 Å². The van der Waals surface area contributed by atoms with E-state index in [1.54, 1.807) is 0 Å². The smallest absolute Gasteiger partial charge is 0.123 e. The number of hydrogen-bond acceptors (Lipinski definition) is 1. The van der Waals surface area contributed by atoms with E-state index in [4.69, 9.17) is 4.74 Å². The number of halogens is 1. The first-order chi connectivity index (χ1) is 11.2. The van der Waals surface area contributed by atoms with Crippen LogP contribution in [0.5, 0.6) is 5.75 Å². The second kappa shape index (κ2) is 9.77. The van der Waals surface area contributed by atoms with E-state index in [2.05, 4.69) is 66.2 Å². The Kier molecular flexibility index (Phi) is 7.67. The van der Waals surface area contributed by atoms with Crippen LogP contribution < -0.4 is 4.74 Å². The molecule has 2 rings (SSSR count). The molecule has 0 atom stereocenters. The fourth-order valence-electron chi connectivity index (χ4n) is 2.64. The molecule has 0 bridgehead atoms. The zero-order valence-electron chi connectivity index (χ0n) is 14.3. The van der Waals surface area contributed by atoms with E-state index in [1.807, 2.05) is 6.07 Å². The summed E-state index contributed by atoms with van der Waals surface area (Å²) in [6.45, 7) is 5.09. The minimum Gasteiger partial charge on any atom is -0.489 e. The summed E-state index contributed by atoms with van der Waals surface area (Å²) in [6.07, 6.45) is 7.18. The third-order valence-electron chi connectivity index (χ3n) is 4.08. The lowest BCUT2D eigenvalue weighted by atomic mass is 10.0. The molecule has 0 radical (unpaired) electrons. The maximum Gasteiger partial charge on any atom is 0.123 e. The minimum absolute atomic E-state index is 0.606. The Balaban J connectivity index is 2.10. The van der Waals surface area contributed by atoms with Gasteiger partial charge in [-0.25, -0.2) is 0 Å². The van der Waals surface area contributed by atoms with Crippen LogP contribution in [0, 0.1) is 0 Å². The molecule has 0 saturated carbocycles. The van der Waals surface area contributed by atoms with Gasteiger partial charge >= 0.3 is 0 Å². The Morgan fingerprint density at radius 1 is 0.870 bits per heavy atom. The van der Waals surface area contributed by atoms with Gasteiger partial charge in [-0.15, -0.1) is 0 Å². The average Bonchev–Trinajstić information content (AvgIpc) is 2.58. The molecule has 0 aromatic heterocycles. The van der Waals surface area contributed by atoms with Gasteiger partial charge in [0.1, 0.15) is 12.4 Å². The fourth-order valence-corrected chi connectivity index (χ4v) is 3.04. The van der Waals surface area contributed by atoms with Gasteiger partial charge in [0.2, 0.25) is 0 Å². The molecule has 124 valence electrons. The van der Waals surface area contributed by atoms with E-state index < -0.39 is 0 Å². The van der Waals surface area contributed by atoms with Crippen LogP contribution in [0.1, 0.15) is 56.2 Å². The molecule has 0 saturated heterocycles. The van der Waals surface area contributed by atoms with Crippen molar-refractivity contribution in [2.75, 3.05) is 0 Å². The molecular formula is C21H27BrO. The van der Waals surface area contributed by atoms with Gasteiger partial charge in [0.25, 0.3) is 0 Å². The molecule has 0 aliphatic rings. The topological polar surface area (TPSA) is 9.23 Å². The molecule has 1 nitrogen and oxygen atoms in total. The van der Waals surface area contributed by atoms with Crippen molar-refractivity contribution in [1.29, 1.82) is 0 Å². The SMILES string of the molecule is CCCCc1ccc(OCc2ccccc2Br)c(CCCC)c1. The van der Waals surface area contributed by atoms with Crippen LogP contribution in [-0.2, 0) is 19.4 Å². The molecule has 2 aromatic rings. The van der Waals surface area contributed by atoms with Crippen LogP contribution in [-0.4, -0.2) is 0 Å². The zero-order chi connectivity index (χ0) is 16.5. The number of ether oxygens (including phenoxy) is 1. The second-order valence-electron chi connectivity index (χ2n) is 6.03. The predicted molar refractivity (Wildman–Crippen MR) is 102 cm³/mol. The largest absolute Gasteiger partial charge is 0.489 e. The molecule has 0 heterocycles. The number of unbranched alkanes of at least 4 members (excludes halogenated alkanes) is 2. The van der Waals surface area contributed by atoms with Gasteiger partial charge in [-0.3, -0.25) is 0 Å². The molecular weight excluding hydrogens is 348 g/mol. The zero-order valence-corrected chi connectivity index (χ0v) is 15.9. The number of rotatable bonds is 9. The first-order valence-electron chi connectivity index (χ1n) is 8.72. The van der Waals surface area contributed by atoms with Gasteiger partial charge in [-0.1, -0.05) is 73.0 Å². The Labute approximate surface area is 149 Å². The molecule has 0 aliphatic carbocycles. The highest BCUT2D eigenvalue weighted by atomic mass is 79.9. The third kappa shape index (κ3) is 5.69. The van der Waals surface area contributed by atoms with Crippen LogP contribution in [0.3, 0.4) is 0 Å². The molecule has 2 heteroatoms. The average molecular weight is 375 g/mol. The summed E-state index contributed by atoms with van der Waals surface area (Å²) < 4.78 is 7.24. The van der Waals surface area contributed by atoms with Gasteiger partial charge in [0.05, 0.1) is 0 Å². The van der Waals surface area contributed by atoms with E-state index in [9.17, 15) is 0 Å². The highest BCUT2D eigenvalue weighted by Gasteiger charge is 2.07. The van der Waals surface area contributed by atoms with Crippen molar-refractivity contribution in [3.63, 3.8) is 0 Å². The van der Waals surface area contributed by atoms with Crippen LogP contribution >= 0.6 is 15.9 Å². The summed E-state index contributed by atoms with van der Waals surface area (Å²) in [5.41, 5.74) is 3.97. The summed E-state index contributed by atoms with van der Waals surface area (Å²) in [5.74, 6) is 1.04. The maximum absolute atomic E-state index is 6.13. The lowest BCUT2D eigenvalue weighted by molar-refractivity contribution is 0.302. The first-order valence-corrected chi connectivity index (χ1v) is 9.52. The van der Waals surface area contributed by atoms with Gasteiger partial charge in [-0.05, 0) is 48.9 Å². The molecule has 0 fully saturated rings. The summed E-state index contributed by atoms with van der Waals surface area (Å²) >= 11 is 3.59. The normalized spacial score (nSPS) is 10.7. The van der Waals surface area contributed by atoms with Gasteiger partial charge in [-0.2, -0.15) is 0 Å². The van der Waals surface area contributed by atoms with Gasteiger partial charge < -0.3 is 4.74 Å². The van der Waals surface area contributed by atoms with E-state index in [-0.39, 0.29) is 0 Å². The second-order valence-corrected chi connectivity index (χ2v) is 6.88. The summed E-state index contributed by atoms with van der Waals surface area (Å²) in [5, 5.41) is 0. The Morgan fingerprint density at radius 3 is 2.35 bits per heavy atom. The lowest BCUT2D eigenvalue weighted by Gasteiger charge is -2.14. The molecule has 0 N–H and O–H groups in total. The van der Waals surface area contributed by atoms with E-state index in [1.165, 1.54) is 48.8 Å². The van der Waals surface area contributed by atoms with Crippen molar-refractivity contribution >= 4 is 15.9 Å². The summed E-state index contributed by atoms with van der Waals surface area (Å²) in [7, 11) is 0. The first kappa shape index (κ1) is 18.1. The maximum atomic E-state index is 6.13. The Morgan fingerprint density at radius 2 is 1.61 bits per heavy atom. The van der Waals surface area contributed by atoms with Crippen molar-refractivity contribution in [2.24, 2.45) is 0 Å². The highest BCUT2D eigenvalue weighted by molar-refractivity contribution is 9.10. The van der Waals surface area contributed by atoms with Crippen LogP contribution in [0.25, 0.3) is 0 Å². The van der Waals surface area contributed by atoms with Crippen molar-refractivity contribution in [3.8, 4) is 5.75 Å². The Bertz CT molecular complexity index is 607. The quantitative estimate of drug-likeness (QED) is 0.473. The summed E-state index contributed by atoms with van der Waals surface area (Å²) in [4.78, 5) is 0. The lowest BCUT2D eigenvalue weighted by Crippen LogP contribution is -2.01. The highest BCUT2D eigenvalue weighted by Crippen LogP contribution is 2.25. The van der Waals surface area contributed by atoms with Crippen LogP contribution in [0.4, 0.5) is 0 Å². The number of hydrogen-bond donors (Lipinski definition) is 0. The minimum atomic E-state index is 0.606. The molecule has 2 aromatic carbocycles. The fraction of sp³-hybridized carbons (Fsp3) is 0.429. The van der Waals surface area contributed by atoms with Gasteiger partial charge in [0, 0.05) is 10.0 Å². The predicted octanol–water partition coefficient (Wildman–Crippen LogP) is 6.71. The van der Waals surface area contributed by atoms with Crippen molar-refractivity contribution in [3.05, 3.63) is 63.6 Å². The monoisotopic (exact) mass is 374 g/mol. The van der Waals surface area contributed by atoms with E-state index in [0.717, 1.165) is 16.6 Å².